The minimum atomic E-state index is 0.660. The molecule has 2 rings (SSSR count). The molecule has 6 heteroatoms. The Kier molecular flexibility index (Phi) is 3.86. The van der Waals surface area contributed by atoms with Gasteiger partial charge in [0.15, 0.2) is 0 Å². The van der Waals surface area contributed by atoms with Gasteiger partial charge in [-0.1, -0.05) is 23.2 Å². The predicted molar refractivity (Wildman–Crippen MR) is 68.0 cm³/mol. The Labute approximate surface area is 108 Å². The molecule has 3 nitrogen and oxygen atoms in total. The van der Waals surface area contributed by atoms with E-state index in [-0.39, 0.29) is 0 Å². The molecule has 0 saturated heterocycles. The molecule has 0 amide bonds. The van der Waals surface area contributed by atoms with Crippen LogP contribution < -0.4 is 0 Å². The normalized spacial score (nSPS) is 11.2. The van der Waals surface area contributed by atoms with E-state index < -0.39 is 0 Å². The van der Waals surface area contributed by atoms with Crippen LogP contribution in [0.4, 0.5) is 0 Å². The fourth-order valence-electron chi connectivity index (χ4n) is 1.42. The standard InChI is InChI=1S/C10H11Cl2N3S/c1-14(6-9-2-3-10(12)16-9)7-15-5-8(11)4-13-15/h2-5H,6-7H2,1H3. The Morgan fingerprint density at radius 3 is 2.81 bits per heavy atom. The average Bonchev–Trinajstić information content (AvgIpc) is 2.76. The molecule has 2 aromatic heterocycles. The third-order valence-electron chi connectivity index (χ3n) is 2.04. The van der Waals surface area contributed by atoms with E-state index in [1.807, 2.05) is 19.2 Å². The summed E-state index contributed by atoms with van der Waals surface area (Å²) in [5.41, 5.74) is 0. The molecule has 0 atom stereocenters. The number of nitrogens with zero attached hydrogens (tertiary/aromatic N) is 3. The van der Waals surface area contributed by atoms with Crippen molar-refractivity contribution in [2.45, 2.75) is 13.2 Å². The molecule has 0 aromatic carbocycles. The van der Waals surface area contributed by atoms with Crippen LogP contribution in [0.15, 0.2) is 24.5 Å². The van der Waals surface area contributed by atoms with E-state index in [9.17, 15) is 0 Å². The Hall–Kier alpha value is -0.550. The summed E-state index contributed by atoms with van der Waals surface area (Å²) in [6, 6.07) is 3.96. The average molecular weight is 276 g/mol. The summed E-state index contributed by atoms with van der Waals surface area (Å²) < 4.78 is 2.63. The lowest BCUT2D eigenvalue weighted by Crippen LogP contribution is -2.21. The van der Waals surface area contributed by atoms with E-state index in [1.165, 1.54) is 4.88 Å². The third kappa shape index (κ3) is 3.22. The topological polar surface area (TPSA) is 21.1 Å². The van der Waals surface area contributed by atoms with Crippen LogP contribution in [-0.2, 0) is 13.2 Å². The highest BCUT2D eigenvalue weighted by Crippen LogP contribution is 2.22. The highest BCUT2D eigenvalue weighted by atomic mass is 35.5. The smallest absolute Gasteiger partial charge is 0.0931 e. The maximum Gasteiger partial charge on any atom is 0.0931 e. The molecule has 0 aliphatic rings. The predicted octanol–water partition coefficient (Wildman–Crippen LogP) is 3.34. The molecule has 16 heavy (non-hydrogen) atoms. The number of hydrogen-bond donors (Lipinski definition) is 0. The number of aromatic nitrogens is 2. The summed E-state index contributed by atoms with van der Waals surface area (Å²) in [5, 5.41) is 4.78. The molecule has 0 fully saturated rings. The zero-order chi connectivity index (χ0) is 11.5. The summed E-state index contributed by atoms with van der Waals surface area (Å²) in [6.45, 7) is 1.57. The second kappa shape index (κ2) is 5.19. The van der Waals surface area contributed by atoms with Crippen molar-refractivity contribution < 1.29 is 0 Å². The van der Waals surface area contributed by atoms with E-state index in [2.05, 4.69) is 10.00 Å². The van der Waals surface area contributed by atoms with E-state index in [1.54, 1.807) is 28.4 Å². The lowest BCUT2D eigenvalue weighted by atomic mass is 10.4. The highest BCUT2D eigenvalue weighted by Gasteiger charge is 2.04. The molecule has 0 aliphatic heterocycles. The molecule has 0 N–H and O–H groups in total. The zero-order valence-electron chi connectivity index (χ0n) is 8.73. The van der Waals surface area contributed by atoms with E-state index in [0.29, 0.717) is 11.7 Å². The summed E-state index contributed by atoms with van der Waals surface area (Å²) >= 11 is 13.3. The first-order chi connectivity index (χ1) is 7.63. The van der Waals surface area contributed by atoms with Gasteiger partial charge in [-0.25, -0.2) is 0 Å². The van der Waals surface area contributed by atoms with Crippen molar-refractivity contribution in [3.8, 4) is 0 Å². The van der Waals surface area contributed by atoms with Crippen LogP contribution >= 0.6 is 34.5 Å². The van der Waals surface area contributed by atoms with Crippen LogP contribution in [0, 0.1) is 0 Å². The second-order valence-corrected chi connectivity index (χ2v) is 5.80. The molecule has 0 saturated carbocycles. The van der Waals surface area contributed by atoms with Crippen LogP contribution in [0.2, 0.25) is 9.36 Å². The van der Waals surface area contributed by atoms with Gasteiger partial charge in [-0.2, -0.15) is 5.10 Å². The van der Waals surface area contributed by atoms with Gasteiger partial charge in [0, 0.05) is 17.6 Å². The summed E-state index contributed by atoms with van der Waals surface area (Å²) in [4.78, 5) is 3.39. The summed E-state index contributed by atoms with van der Waals surface area (Å²) in [5.74, 6) is 0. The maximum atomic E-state index is 5.87. The maximum absolute atomic E-state index is 5.87. The highest BCUT2D eigenvalue weighted by molar-refractivity contribution is 7.16. The van der Waals surface area contributed by atoms with Crippen molar-refractivity contribution in [3.63, 3.8) is 0 Å². The van der Waals surface area contributed by atoms with E-state index in [4.69, 9.17) is 23.2 Å². The van der Waals surface area contributed by atoms with Gasteiger partial charge >= 0.3 is 0 Å². The minimum absolute atomic E-state index is 0.660. The Balaban J connectivity index is 1.91. The molecule has 0 bridgehead atoms. The van der Waals surface area contributed by atoms with E-state index in [0.717, 1.165) is 10.9 Å². The van der Waals surface area contributed by atoms with Gasteiger partial charge in [0.25, 0.3) is 0 Å². The minimum Gasteiger partial charge on any atom is -0.282 e. The molecule has 86 valence electrons. The lowest BCUT2D eigenvalue weighted by Gasteiger charge is -2.15. The molecule has 0 radical (unpaired) electrons. The monoisotopic (exact) mass is 275 g/mol. The van der Waals surface area contributed by atoms with Crippen molar-refractivity contribution in [1.82, 2.24) is 14.7 Å². The Bertz CT molecular complexity index is 424. The van der Waals surface area contributed by atoms with Crippen LogP contribution in [0.3, 0.4) is 0 Å². The quantitative estimate of drug-likeness (QED) is 0.854. The van der Waals surface area contributed by atoms with Crippen LogP contribution in [0.25, 0.3) is 0 Å². The van der Waals surface area contributed by atoms with Crippen LogP contribution in [0.1, 0.15) is 4.88 Å². The molecule has 0 spiro atoms. The first-order valence-electron chi connectivity index (χ1n) is 4.74. The van der Waals surface area contributed by atoms with Crippen LogP contribution in [0.5, 0.6) is 0 Å². The van der Waals surface area contributed by atoms with Crippen molar-refractivity contribution in [1.29, 1.82) is 0 Å². The van der Waals surface area contributed by atoms with Gasteiger partial charge in [-0.3, -0.25) is 9.58 Å². The first kappa shape index (κ1) is 11.9. The van der Waals surface area contributed by atoms with Crippen LogP contribution in [-0.4, -0.2) is 21.7 Å². The number of thiophene rings is 1. The summed E-state index contributed by atoms with van der Waals surface area (Å²) in [7, 11) is 2.03. The summed E-state index contributed by atoms with van der Waals surface area (Å²) in [6.07, 6.45) is 3.44. The van der Waals surface area contributed by atoms with Gasteiger partial charge in [0.1, 0.15) is 0 Å². The molecular weight excluding hydrogens is 265 g/mol. The van der Waals surface area contributed by atoms with Crippen molar-refractivity contribution in [2.75, 3.05) is 7.05 Å². The Morgan fingerprint density at radius 2 is 2.25 bits per heavy atom. The number of halogens is 2. The fraction of sp³-hybridized carbons (Fsp3) is 0.300. The largest absolute Gasteiger partial charge is 0.282 e. The van der Waals surface area contributed by atoms with Gasteiger partial charge in [-0.05, 0) is 19.2 Å². The molecule has 0 aliphatic carbocycles. The zero-order valence-corrected chi connectivity index (χ0v) is 11.1. The third-order valence-corrected chi connectivity index (χ3v) is 3.45. The van der Waals surface area contributed by atoms with Crippen molar-refractivity contribution >= 4 is 34.5 Å². The molecular formula is C10H11Cl2N3S. The van der Waals surface area contributed by atoms with Gasteiger partial charge in [0.05, 0.1) is 22.2 Å². The molecule has 2 aromatic rings. The van der Waals surface area contributed by atoms with Crippen molar-refractivity contribution in [2.24, 2.45) is 0 Å². The fourth-order valence-corrected chi connectivity index (χ4v) is 2.74. The number of hydrogen-bond acceptors (Lipinski definition) is 3. The SMILES string of the molecule is CN(Cc1ccc(Cl)s1)Cn1cc(Cl)cn1. The van der Waals surface area contributed by atoms with Gasteiger partial charge in [-0.15, -0.1) is 11.3 Å². The molecule has 0 unspecified atom stereocenters. The van der Waals surface area contributed by atoms with E-state index >= 15 is 0 Å². The van der Waals surface area contributed by atoms with Crippen molar-refractivity contribution in [3.05, 3.63) is 38.8 Å². The Morgan fingerprint density at radius 1 is 1.44 bits per heavy atom. The second-order valence-electron chi connectivity index (χ2n) is 3.56. The van der Waals surface area contributed by atoms with Gasteiger partial charge in [0.2, 0.25) is 0 Å². The lowest BCUT2D eigenvalue weighted by molar-refractivity contribution is 0.248. The van der Waals surface area contributed by atoms with Gasteiger partial charge < -0.3 is 0 Å². The number of rotatable bonds is 4. The first-order valence-corrected chi connectivity index (χ1v) is 6.31. The molecule has 2 heterocycles.